The number of hydrogen-bond donors (Lipinski definition) is 1. The van der Waals surface area contributed by atoms with Gasteiger partial charge >= 0.3 is 0 Å². The lowest BCUT2D eigenvalue weighted by atomic mass is 9.99. The van der Waals surface area contributed by atoms with Crippen molar-refractivity contribution < 1.29 is 19.1 Å². The van der Waals surface area contributed by atoms with E-state index >= 15 is 0 Å². The summed E-state index contributed by atoms with van der Waals surface area (Å²) in [4.78, 5) is 29.0. The molecule has 6 nitrogen and oxygen atoms in total. The zero-order valence-corrected chi connectivity index (χ0v) is 15.8. The van der Waals surface area contributed by atoms with E-state index in [0.29, 0.717) is 30.0 Å². The second-order valence-corrected chi connectivity index (χ2v) is 6.96. The van der Waals surface area contributed by atoms with Gasteiger partial charge in [-0.15, -0.1) is 0 Å². The summed E-state index contributed by atoms with van der Waals surface area (Å²) < 4.78 is 5.74. The number of amides is 1. The zero-order valence-electron chi connectivity index (χ0n) is 15.8. The number of benzene rings is 1. The van der Waals surface area contributed by atoms with E-state index in [9.17, 15) is 14.7 Å². The molecule has 0 aliphatic carbocycles. The highest BCUT2D eigenvalue weighted by Crippen LogP contribution is 2.39. The van der Waals surface area contributed by atoms with Crippen LogP contribution in [0.2, 0.25) is 0 Å². The van der Waals surface area contributed by atoms with Crippen LogP contribution in [-0.2, 0) is 9.59 Å². The average Bonchev–Trinajstić information content (AvgIpc) is 3.18. The van der Waals surface area contributed by atoms with Crippen LogP contribution in [0.3, 0.4) is 0 Å². The van der Waals surface area contributed by atoms with Crippen molar-refractivity contribution in [2.45, 2.75) is 19.4 Å². The third kappa shape index (κ3) is 3.80. The summed E-state index contributed by atoms with van der Waals surface area (Å²) in [5, 5.41) is 10.8. The minimum atomic E-state index is -0.721. The lowest BCUT2D eigenvalue weighted by Crippen LogP contribution is -2.32. The van der Waals surface area contributed by atoms with Crippen LogP contribution in [0.4, 0.5) is 0 Å². The van der Waals surface area contributed by atoms with E-state index in [0.717, 1.165) is 6.54 Å². The number of ketones is 1. The third-order valence-electron chi connectivity index (χ3n) is 4.62. The first kappa shape index (κ1) is 18.9. The maximum atomic E-state index is 12.8. The Labute approximate surface area is 158 Å². The monoisotopic (exact) mass is 368 g/mol. The number of aliphatic hydroxyl groups excluding tert-OH is 1. The number of rotatable bonds is 6. The smallest absolute Gasteiger partial charge is 0.295 e. The molecule has 0 spiro atoms. The zero-order chi connectivity index (χ0) is 19.6. The number of aryl methyl sites for hydroxylation is 1. The number of nitrogens with zero attached hydrogens (tertiary/aromatic N) is 2. The molecule has 1 N–H and O–H groups in total. The topological polar surface area (TPSA) is 74.0 Å². The molecule has 6 heteroatoms. The summed E-state index contributed by atoms with van der Waals surface area (Å²) >= 11 is 0. The summed E-state index contributed by atoms with van der Waals surface area (Å²) in [5.74, 6) is -0.300. The predicted molar refractivity (Wildman–Crippen MR) is 102 cm³/mol. The largest absolute Gasteiger partial charge is 0.507 e. The Morgan fingerprint density at radius 3 is 2.44 bits per heavy atom. The second kappa shape index (κ2) is 7.80. The molecular formula is C21H24N2O4. The molecule has 142 valence electrons. The minimum Gasteiger partial charge on any atom is -0.507 e. The summed E-state index contributed by atoms with van der Waals surface area (Å²) in [5.41, 5.74) is 0.572. The second-order valence-electron chi connectivity index (χ2n) is 6.96. The van der Waals surface area contributed by atoms with Gasteiger partial charge in [-0.2, -0.15) is 0 Å². The van der Waals surface area contributed by atoms with E-state index in [2.05, 4.69) is 0 Å². The normalized spacial score (nSPS) is 19.3. The van der Waals surface area contributed by atoms with E-state index in [-0.39, 0.29) is 11.3 Å². The molecule has 1 amide bonds. The Kier molecular flexibility index (Phi) is 5.46. The summed E-state index contributed by atoms with van der Waals surface area (Å²) in [7, 11) is 3.91. The molecule has 27 heavy (non-hydrogen) atoms. The van der Waals surface area contributed by atoms with Gasteiger partial charge in [0, 0.05) is 12.1 Å². The van der Waals surface area contributed by atoms with Gasteiger partial charge < -0.3 is 19.3 Å². The summed E-state index contributed by atoms with van der Waals surface area (Å²) in [6.07, 6.45) is 0.710. The van der Waals surface area contributed by atoms with Crippen molar-refractivity contribution in [1.82, 2.24) is 9.80 Å². The van der Waals surface area contributed by atoms with E-state index in [4.69, 9.17) is 4.42 Å². The highest BCUT2D eigenvalue weighted by atomic mass is 16.3. The van der Waals surface area contributed by atoms with E-state index < -0.39 is 17.7 Å². The first-order valence-corrected chi connectivity index (χ1v) is 8.95. The lowest BCUT2D eigenvalue weighted by Gasteiger charge is -2.24. The van der Waals surface area contributed by atoms with Crippen LogP contribution in [0, 0.1) is 6.92 Å². The third-order valence-corrected chi connectivity index (χ3v) is 4.62. The molecule has 1 aliphatic heterocycles. The number of furan rings is 1. The molecule has 0 bridgehead atoms. The fourth-order valence-electron chi connectivity index (χ4n) is 3.32. The standard InChI is InChI=1S/C21H24N2O4/c1-14-10-11-16(27-14)18-17(19(24)15-8-5-4-6-9-15)20(25)21(26)23(18)13-7-12-22(2)3/h4-6,8-11,18,24H,7,12-13H2,1-3H3/b19-17+. The number of hydrogen-bond acceptors (Lipinski definition) is 5. The van der Waals surface area contributed by atoms with Crippen LogP contribution in [0.5, 0.6) is 0 Å². The quantitative estimate of drug-likeness (QED) is 0.482. The van der Waals surface area contributed by atoms with Gasteiger partial charge in [0.2, 0.25) is 0 Å². The molecule has 2 aromatic rings. The van der Waals surface area contributed by atoms with Gasteiger partial charge in [-0.1, -0.05) is 30.3 Å². The van der Waals surface area contributed by atoms with Gasteiger partial charge in [0.25, 0.3) is 11.7 Å². The van der Waals surface area contributed by atoms with Crippen molar-refractivity contribution in [2.75, 3.05) is 27.2 Å². The van der Waals surface area contributed by atoms with Crippen molar-refractivity contribution in [3.8, 4) is 0 Å². The van der Waals surface area contributed by atoms with Crippen LogP contribution in [-0.4, -0.2) is 53.8 Å². The van der Waals surface area contributed by atoms with Gasteiger partial charge in [0.05, 0.1) is 5.57 Å². The summed E-state index contributed by atoms with van der Waals surface area (Å²) in [6.45, 7) is 2.99. The first-order valence-electron chi connectivity index (χ1n) is 8.95. The minimum absolute atomic E-state index is 0.0744. The van der Waals surface area contributed by atoms with Gasteiger partial charge in [-0.05, 0) is 46.1 Å². The van der Waals surface area contributed by atoms with Crippen LogP contribution in [0.1, 0.15) is 29.5 Å². The molecule has 0 saturated carbocycles. The van der Waals surface area contributed by atoms with Crippen LogP contribution in [0.25, 0.3) is 5.76 Å². The van der Waals surface area contributed by atoms with Gasteiger partial charge in [0.15, 0.2) is 0 Å². The molecule has 1 aliphatic rings. The SMILES string of the molecule is Cc1ccc(C2/C(=C(\O)c3ccccc3)C(=O)C(=O)N2CCCN(C)C)o1. The van der Waals surface area contributed by atoms with E-state index in [1.165, 1.54) is 4.90 Å². The van der Waals surface area contributed by atoms with E-state index in [1.54, 1.807) is 43.3 Å². The van der Waals surface area contributed by atoms with Crippen molar-refractivity contribution in [3.05, 3.63) is 65.1 Å². The lowest BCUT2D eigenvalue weighted by molar-refractivity contribution is -0.140. The Bertz CT molecular complexity index is 867. The predicted octanol–water partition coefficient (Wildman–Crippen LogP) is 2.96. The average molecular weight is 368 g/mol. The molecule has 1 atom stereocenters. The Morgan fingerprint density at radius 1 is 1.15 bits per heavy atom. The molecule has 1 unspecified atom stereocenters. The van der Waals surface area contributed by atoms with Crippen LogP contribution >= 0.6 is 0 Å². The molecule has 0 radical (unpaired) electrons. The molecule has 1 aromatic heterocycles. The Hall–Kier alpha value is -2.86. The maximum absolute atomic E-state index is 12.8. The first-order chi connectivity index (χ1) is 12.9. The molecular weight excluding hydrogens is 344 g/mol. The van der Waals surface area contributed by atoms with Crippen molar-refractivity contribution in [3.63, 3.8) is 0 Å². The number of Topliss-reactive ketones (excluding diaryl/α,β-unsaturated/α-hetero) is 1. The number of aliphatic hydroxyl groups is 1. The Balaban J connectivity index is 2.05. The van der Waals surface area contributed by atoms with Crippen molar-refractivity contribution in [1.29, 1.82) is 0 Å². The number of carbonyl (C=O) groups excluding carboxylic acids is 2. The van der Waals surface area contributed by atoms with Crippen LogP contribution in [0.15, 0.2) is 52.5 Å². The van der Waals surface area contributed by atoms with E-state index in [1.807, 2.05) is 25.1 Å². The highest BCUT2D eigenvalue weighted by molar-refractivity contribution is 6.46. The maximum Gasteiger partial charge on any atom is 0.295 e. The van der Waals surface area contributed by atoms with Crippen molar-refractivity contribution in [2.24, 2.45) is 0 Å². The molecule has 1 fully saturated rings. The Morgan fingerprint density at radius 2 is 1.85 bits per heavy atom. The molecule has 3 rings (SSSR count). The van der Waals surface area contributed by atoms with Gasteiger partial charge in [-0.25, -0.2) is 0 Å². The molecule has 1 saturated heterocycles. The highest BCUT2D eigenvalue weighted by Gasteiger charge is 2.47. The van der Waals surface area contributed by atoms with Crippen molar-refractivity contribution >= 4 is 17.4 Å². The van der Waals surface area contributed by atoms with Gasteiger partial charge in [-0.3, -0.25) is 9.59 Å². The number of likely N-dealkylation sites (tertiary alicyclic amines) is 1. The number of carbonyl (C=O) groups is 2. The van der Waals surface area contributed by atoms with Gasteiger partial charge in [0.1, 0.15) is 23.3 Å². The molecule has 2 heterocycles. The fraction of sp³-hybridized carbons (Fsp3) is 0.333. The van der Waals surface area contributed by atoms with Crippen LogP contribution < -0.4 is 0 Å². The molecule has 1 aromatic carbocycles. The fourth-order valence-corrected chi connectivity index (χ4v) is 3.32. The summed E-state index contributed by atoms with van der Waals surface area (Å²) in [6, 6.07) is 11.6.